The van der Waals surface area contributed by atoms with E-state index >= 15 is 0 Å². The Morgan fingerprint density at radius 3 is 2.90 bits per heavy atom. The van der Waals surface area contributed by atoms with Gasteiger partial charge < -0.3 is 15.0 Å². The van der Waals surface area contributed by atoms with Crippen molar-refractivity contribution in [1.82, 2.24) is 15.3 Å². The maximum Gasteiger partial charge on any atom is 0.165 e. The summed E-state index contributed by atoms with van der Waals surface area (Å²) < 4.78 is 18.7. The maximum atomic E-state index is 13.8. The van der Waals surface area contributed by atoms with Gasteiger partial charge in [0.25, 0.3) is 0 Å². The van der Waals surface area contributed by atoms with Crippen molar-refractivity contribution >= 4 is 0 Å². The van der Waals surface area contributed by atoms with E-state index in [4.69, 9.17) is 4.74 Å². The molecule has 110 valence electrons. The normalized spacial score (nSPS) is 27.2. The first kappa shape index (κ1) is 12.8. The summed E-state index contributed by atoms with van der Waals surface area (Å²) in [5.74, 6) is 1.38. The molecule has 0 amide bonds. The van der Waals surface area contributed by atoms with Crippen molar-refractivity contribution in [3.8, 4) is 17.0 Å². The lowest BCUT2D eigenvalue weighted by Gasteiger charge is -2.17. The number of hydrogen-bond donors (Lipinski definition) is 2. The maximum absolute atomic E-state index is 13.8. The van der Waals surface area contributed by atoms with Crippen LogP contribution in [0.2, 0.25) is 0 Å². The van der Waals surface area contributed by atoms with Gasteiger partial charge in [0.15, 0.2) is 11.6 Å². The minimum atomic E-state index is -0.354. The summed E-state index contributed by atoms with van der Waals surface area (Å²) in [6.07, 6.45) is 5.44. The van der Waals surface area contributed by atoms with Gasteiger partial charge in [-0.25, -0.2) is 9.37 Å². The Balaban J connectivity index is 1.61. The number of benzene rings is 1. The van der Waals surface area contributed by atoms with Gasteiger partial charge >= 0.3 is 0 Å². The third-order valence-electron chi connectivity index (χ3n) is 4.71. The molecule has 1 aromatic heterocycles. The second-order valence-corrected chi connectivity index (χ2v) is 5.92. The van der Waals surface area contributed by atoms with Crippen LogP contribution in [0.15, 0.2) is 24.4 Å². The summed E-state index contributed by atoms with van der Waals surface area (Å²) in [5.41, 5.74) is 1.65. The standard InChI is InChI=1S/C16H18FN3O/c1-21-15-5-2-9(6-12(15)17)14-8-18-16(20-14)11-7-10-3-4-13(11)19-10/h2,5-6,8,10-11,13,19H,3-4,7H2,1H3,(H,18,20). The number of ether oxygens (including phenoxy) is 1. The van der Waals surface area contributed by atoms with Gasteiger partial charge in [0.1, 0.15) is 5.82 Å². The third-order valence-corrected chi connectivity index (χ3v) is 4.71. The van der Waals surface area contributed by atoms with E-state index in [1.165, 1.54) is 26.0 Å². The average Bonchev–Trinajstić information content (AvgIpc) is 3.22. The molecule has 3 atom stereocenters. The van der Waals surface area contributed by atoms with Gasteiger partial charge in [0.05, 0.1) is 19.0 Å². The zero-order valence-electron chi connectivity index (χ0n) is 11.9. The molecule has 3 heterocycles. The highest BCUT2D eigenvalue weighted by molar-refractivity contribution is 5.60. The summed E-state index contributed by atoms with van der Waals surface area (Å²) in [5, 5.41) is 3.61. The van der Waals surface area contributed by atoms with Crippen LogP contribution in [0.3, 0.4) is 0 Å². The monoisotopic (exact) mass is 287 g/mol. The first-order valence-corrected chi connectivity index (χ1v) is 7.39. The Bertz CT molecular complexity index is 669. The fourth-order valence-electron chi connectivity index (χ4n) is 3.63. The van der Waals surface area contributed by atoms with Gasteiger partial charge in [-0.1, -0.05) is 0 Å². The lowest BCUT2D eigenvalue weighted by molar-refractivity contribution is 0.386. The molecule has 2 bridgehead atoms. The van der Waals surface area contributed by atoms with Crippen molar-refractivity contribution in [3.63, 3.8) is 0 Å². The topological polar surface area (TPSA) is 49.9 Å². The molecule has 2 saturated heterocycles. The third kappa shape index (κ3) is 2.12. The molecule has 3 unspecified atom stereocenters. The van der Waals surface area contributed by atoms with Gasteiger partial charge in [-0.2, -0.15) is 0 Å². The molecule has 0 spiro atoms. The number of methoxy groups -OCH3 is 1. The van der Waals surface area contributed by atoms with E-state index in [1.54, 1.807) is 12.3 Å². The zero-order chi connectivity index (χ0) is 14.4. The molecule has 0 radical (unpaired) electrons. The highest BCUT2D eigenvalue weighted by Crippen LogP contribution is 2.39. The minimum Gasteiger partial charge on any atom is -0.494 e. The number of hydrogen-bond acceptors (Lipinski definition) is 3. The van der Waals surface area contributed by atoms with E-state index in [2.05, 4.69) is 15.3 Å². The van der Waals surface area contributed by atoms with Crippen molar-refractivity contribution in [2.75, 3.05) is 7.11 Å². The lowest BCUT2D eigenvalue weighted by Crippen LogP contribution is -2.22. The fourth-order valence-corrected chi connectivity index (χ4v) is 3.63. The number of H-pyrrole nitrogens is 1. The average molecular weight is 287 g/mol. The SMILES string of the molecule is COc1ccc(-c2cnc(C3CC4CCC3N4)[nH]2)cc1F. The Labute approximate surface area is 122 Å². The predicted octanol–water partition coefficient (Wildman–Crippen LogP) is 2.83. The molecule has 4 rings (SSSR count). The number of imidazole rings is 1. The Hall–Kier alpha value is -1.88. The molecule has 2 aliphatic rings. The minimum absolute atomic E-state index is 0.260. The molecule has 2 aliphatic heterocycles. The van der Waals surface area contributed by atoms with E-state index in [1.807, 2.05) is 6.07 Å². The van der Waals surface area contributed by atoms with Crippen molar-refractivity contribution in [1.29, 1.82) is 0 Å². The largest absolute Gasteiger partial charge is 0.494 e. The van der Waals surface area contributed by atoms with Crippen LogP contribution in [-0.2, 0) is 0 Å². The van der Waals surface area contributed by atoms with Crippen molar-refractivity contribution in [2.24, 2.45) is 0 Å². The number of halogens is 1. The molecule has 0 aliphatic carbocycles. The molecule has 21 heavy (non-hydrogen) atoms. The lowest BCUT2D eigenvalue weighted by atomic mass is 9.89. The molecule has 0 saturated carbocycles. The van der Waals surface area contributed by atoms with Crippen LogP contribution in [0, 0.1) is 5.82 Å². The summed E-state index contributed by atoms with van der Waals surface area (Å²) >= 11 is 0. The number of aromatic amines is 1. The van der Waals surface area contributed by atoms with Crippen LogP contribution in [0.25, 0.3) is 11.3 Å². The van der Waals surface area contributed by atoms with Crippen LogP contribution in [0.1, 0.15) is 31.0 Å². The number of fused-ring (bicyclic) bond motifs is 2. The number of rotatable bonds is 3. The van der Waals surface area contributed by atoms with E-state index in [0.717, 1.165) is 23.5 Å². The van der Waals surface area contributed by atoms with Crippen LogP contribution in [-0.4, -0.2) is 29.2 Å². The van der Waals surface area contributed by atoms with Crippen molar-refractivity contribution in [3.05, 3.63) is 36.0 Å². The van der Waals surface area contributed by atoms with Crippen LogP contribution in [0.5, 0.6) is 5.75 Å². The smallest absolute Gasteiger partial charge is 0.165 e. The molecule has 2 fully saturated rings. The highest BCUT2D eigenvalue weighted by Gasteiger charge is 2.41. The molecule has 2 aromatic rings. The highest BCUT2D eigenvalue weighted by atomic mass is 19.1. The zero-order valence-corrected chi connectivity index (χ0v) is 11.9. The summed E-state index contributed by atoms with van der Waals surface area (Å²) in [7, 11) is 1.47. The number of nitrogens with zero attached hydrogens (tertiary/aromatic N) is 1. The van der Waals surface area contributed by atoms with Gasteiger partial charge in [-0.3, -0.25) is 0 Å². The number of nitrogens with one attached hydrogen (secondary N) is 2. The quantitative estimate of drug-likeness (QED) is 0.912. The van der Waals surface area contributed by atoms with Gasteiger partial charge in [-0.05, 0) is 37.5 Å². The molecule has 4 nitrogen and oxygen atoms in total. The molecular formula is C16H18FN3O. The van der Waals surface area contributed by atoms with E-state index in [-0.39, 0.29) is 11.6 Å². The number of aromatic nitrogens is 2. The molecule has 2 N–H and O–H groups in total. The first-order chi connectivity index (χ1) is 10.2. The second kappa shape index (κ2) is 4.84. The first-order valence-electron chi connectivity index (χ1n) is 7.39. The molecule has 1 aromatic carbocycles. The second-order valence-electron chi connectivity index (χ2n) is 5.92. The summed E-state index contributed by atoms with van der Waals surface area (Å²) in [6.45, 7) is 0. The Morgan fingerprint density at radius 1 is 1.33 bits per heavy atom. The molecular weight excluding hydrogens is 269 g/mol. The predicted molar refractivity (Wildman–Crippen MR) is 77.8 cm³/mol. The van der Waals surface area contributed by atoms with Crippen LogP contribution in [0.4, 0.5) is 4.39 Å². The van der Waals surface area contributed by atoms with E-state index in [0.29, 0.717) is 18.0 Å². The van der Waals surface area contributed by atoms with Crippen LogP contribution < -0.4 is 10.1 Å². The van der Waals surface area contributed by atoms with E-state index < -0.39 is 0 Å². The van der Waals surface area contributed by atoms with Gasteiger partial charge in [-0.15, -0.1) is 0 Å². The Kier molecular flexibility index (Phi) is 2.96. The van der Waals surface area contributed by atoms with Crippen molar-refractivity contribution < 1.29 is 9.13 Å². The van der Waals surface area contributed by atoms with Crippen molar-refractivity contribution in [2.45, 2.75) is 37.3 Å². The Morgan fingerprint density at radius 2 is 2.24 bits per heavy atom. The molecule has 5 heteroatoms. The van der Waals surface area contributed by atoms with Crippen LogP contribution >= 0.6 is 0 Å². The summed E-state index contributed by atoms with van der Waals surface area (Å²) in [4.78, 5) is 7.88. The van der Waals surface area contributed by atoms with Gasteiger partial charge in [0.2, 0.25) is 0 Å². The van der Waals surface area contributed by atoms with Gasteiger partial charge in [0, 0.05) is 23.6 Å². The fraction of sp³-hybridized carbons (Fsp3) is 0.438. The van der Waals surface area contributed by atoms with E-state index in [9.17, 15) is 4.39 Å². The summed E-state index contributed by atoms with van der Waals surface area (Å²) in [6, 6.07) is 6.16.